The number of hydrogen-bond donors (Lipinski definition) is 1. The van der Waals surface area contributed by atoms with Crippen molar-refractivity contribution in [2.24, 2.45) is 0 Å². The van der Waals surface area contributed by atoms with E-state index >= 15 is 0 Å². The van der Waals surface area contributed by atoms with Gasteiger partial charge in [-0.05, 0) is 12.2 Å². The molecule has 0 aromatic carbocycles. The Balaban J connectivity index is 2.28. The van der Waals surface area contributed by atoms with Crippen molar-refractivity contribution in [1.29, 1.82) is 0 Å². The van der Waals surface area contributed by atoms with Crippen molar-refractivity contribution >= 4 is 5.97 Å². The summed E-state index contributed by atoms with van der Waals surface area (Å²) < 4.78 is 5.20. The highest BCUT2D eigenvalue weighted by Crippen LogP contribution is 2.45. The maximum Gasteiger partial charge on any atom is 0.343 e. The highest BCUT2D eigenvalue weighted by atomic mass is 16.6. The molecule has 2 unspecified atom stereocenters. The van der Waals surface area contributed by atoms with Gasteiger partial charge in [-0.1, -0.05) is 6.08 Å². The molecular weight excluding hydrogens is 170 g/mol. The Morgan fingerprint density at radius 1 is 1.69 bits per heavy atom. The van der Waals surface area contributed by atoms with Gasteiger partial charge in [-0.2, -0.15) is 0 Å². The number of fused-ring (bicyclic) bond motifs is 1. The van der Waals surface area contributed by atoms with Gasteiger partial charge in [0.1, 0.15) is 6.10 Å². The second kappa shape index (κ2) is 2.35. The molecule has 0 radical (unpaired) electrons. The van der Waals surface area contributed by atoms with Gasteiger partial charge in [-0.3, -0.25) is 0 Å². The van der Waals surface area contributed by atoms with Crippen molar-refractivity contribution in [3.05, 3.63) is 23.9 Å². The predicted octanol–water partition coefficient (Wildman–Crippen LogP) is 0.224. The summed E-state index contributed by atoms with van der Waals surface area (Å²) in [5, 5.41) is 8.92. The van der Waals surface area contributed by atoms with E-state index in [1.165, 1.54) is 0 Å². The second-order valence-corrected chi connectivity index (χ2v) is 3.44. The first kappa shape index (κ1) is 8.31. The van der Waals surface area contributed by atoms with Gasteiger partial charge < -0.3 is 14.7 Å². The SMILES string of the molecule is CN(C)C1=CC=CC2(C(=O)O)OC12. The van der Waals surface area contributed by atoms with Gasteiger partial charge in [-0.15, -0.1) is 0 Å². The Morgan fingerprint density at radius 2 is 2.38 bits per heavy atom. The zero-order chi connectivity index (χ0) is 9.64. The van der Waals surface area contributed by atoms with E-state index in [1.54, 1.807) is 12.2 Å². The summed E-state index contributed by atoms with van der Waals surface area (Å²) >= 11 is 0. The fraction of sp³-hybridized carbons (Fsp3) is 0.444. The van der Waals surface area contributed by atoms with E-state index in [-0.39, 0.29) is 6.10 Å². The topological polar surface area (TPSA) is 53.1 Å². The summed E-state index contributed by atoms with van der Waals surface area (Å²) in [5.74, 6) is -0.916. The minimum absolute atomic E-state index is 0.301. The Kier molecular flexibility index (Phi) is 1.51. The second-order valence-electron chi connectivity index (χ2n) is 3.44. The van der Waals surface area contributed by atoms with Gasteiger partial charge in [0.15, 0.2) is 0 Å². The molecule has 0 spiro atoms. The molecule has 1 N–H and O–H groups in total. The molecule has 1 aliphatic carbocycles. The Bertz CT molecular complexity index is 319. The van der Waals surface area contributed by atoms with E-state index in [1.807, 2.05) is 25.1 Å². The van der Waals surface area contributed by atoms with Crippen molar-refractivity contribution in [1.82, 2.24) is 4.90 Å². The molecule has 1 saturated heterocycles. The number of carboxylic acid groups (broad SMARTS) is 1. The molecule has 4 nitrogen and oxygen atoms in total. The van der Waals surface area contributed by atoms with Gasteiger partial charge in [0.05, 0.1) is 0 Å². The number of epoxide rings is 1. The molecule has 70 valence electrons. The van der Waals surface area contributed by atoms with Crippen LogP contribution >= 0.6 is 0 Å². The maximum atomic E-state index is 10.9. The summed E-state index contributed by atoms with van der Waals surface area (Å²) in [6.45, 7) is 0. The third-order valence-electron chi connectivity index (χ3n) is 2.38. The maximum absolute atomic E-state index is 10.9. The summed E-state index contributed by atoms with van der Waals surface area (Å²) in [6, 6.07) is 0. The minimum Gasteiger partial charge on any atom is -0.479 e. The van der Waals surface area contributed by atoms with E-state index in [4.69, 9.17) is 9.84 Å². The van der Waals surface area contributed by atoms with Crippen molar-refractivity contribution in [2.75, 3.05) is 14.1 Å². The quantitative estimate of drug-likeness (QED) is 0.619. The van der Waals surface area contributed by atoms with Gasteiger partial charge in [0, 0.05) is 19.8 Å². The van der Waals surface area contributed by atoms with Gasteiger partial charge in [0.2, 0.25) is 5.60 Å². The molecule has 1 aliphatic heterocycles. The first-order chi connectivity index (χ1) is 6.08. The summed E-state index contributed by atoms with van der Waals surface area (Å²) in [6.07, 6.45) is 4.89. The van der Waals surface area contributed by atoms with Gasteiger partial charge in [-0.25, -0.2) is 4.79 Å². The van der Waals surface area contributed by atoms with E-state index in [2.05, 4.69) is 0 Å². The number of allylic oxidation sites excluding steroid dienone is 2. The first-order valence-electron chi connectivity index (χ1n) is 4.06. The number of carboxylic acids is 1. The Morgan fingerprint density at radius 3 is 2.92 bits per heavy atom. The minimum atomic E-state index is -1.08. The average Bonchev–Trinajstić information content (AvgIpc) is 2.77. The van der Waals surface area contributed by atoms with Crippen LogP contribution in [0.3, 0.4) is 0 Å². The molecule has 2 rings (SSSR count). The number of ether oxygens (including phenoxy) is 1. The lowest BCUT2D eigenvalue weighted by molar-refractivity contribution is -0.141. The van der Waals surface area contributed by atoms with Crippen LogP contribution in [0.25, 0.3) is 0 Å². The largest absolute Gasteiger partial charge is 0.479 e. The Labute approximate surface area is 76.1 Å². The van der Waals surface area contributed by atoms with Crippen molar-refractivity contribution in [3.63, 3.8) is 0 Å². The smallest absolute Gasteiger partial charge is 0.343 e. The summed E-state index contributed by atoms with van der Waals surface area (Å²) in [4.78, 5) is 12.7. The van der Waals surface area contributed by atoms with Crippen LogP contribution < -0.4 is 0 Å². The van der Waals surface area contributed by atoms with Crippen LogP contribution in [0, 0.1) is 0 Å². The lowest BCUT2D eigenvalue weighted by atomic mass is 9.98. The standard InChI is InChI=1S/C9H11NO3/c1-10(2)6-4-3-5-9(8(11)12)7(6)13-9/h3-5,7H,1-2H3,(H,11,12). The van der Waals surface area contributed by atoms with Crippen molar-refractivity contribution in [3.8, 4) is 0 Å². The predicted molar refractivity (Wildman–Crippen MR) is 46.1 cm³/mol. The van der Waals surface area contributed by atoms with Crippen molar-refractivity contribution in [2.45, 2.75) is 11.7 Å². The van der Waals surface area contributed by atoms with Crippen LogP contribution in [0.1, 0.15) is 0 Å². The van der Waals surface area contributed by atoms with Crippen molar-refractivity contribution < 1.29 is 14.6 Å². The zero-order valence-corrected chi connectivity index (χ0v) is 7.52. The van der Waals surface area contributed by atoms with E-state index in [0.29, 0.717) is 0 Å². The highest BCUT2D eigenvalue weighted by Gasteiger charge is 2.64. The third kappa shape index (κ3) is 0.986. The number of aliphatic carboxylic acids is 1. The fourth-order valence-electron chi connectivity index (χ4n) is 1.56. The molecule has 2 atom stereocenters. The molecule has 2 aliphatic rings. The van der Waals surface area contributed by atoms with Gasteiger partial charge in [0.25, 0.3) is 0 Å². The van der Waals surface area contributed by atoms with Crippen LogP contribution in [0.5, 0.6) is 0 Å². The van der Waals surface area contributed by atoms with Crippen LogP contribution in [0.4, 0.5) is 0 Å². The molecule has 0 aromatic rings. The summed E-state index contributed by atoms with van der Waals surface area (Å²) in [5.41, 5.74) is -0.168. The van der Waals surface area contributed by atoms with Crippen LogP contribution in [0.15, 0.2) is 23.9 Å². The number of rotatable bonds is 2. The zero-order valence-electron chi connectivity index (χ0n) is 7.52. The van der Waals surface area contributed by atoms with Crippen LogP contribution in [-0.4, -0.2) is 41.8 Å². The average molecular weight is 181 g/mol. The fourth-order valence-corrected chi connectivity index (χ4v) is 1.56. The Hall–Kier alpha value is -1.29. The molecule has 13 heavy (non-hydrogen) atoms. The number of likely N-dealkylation sites (N-methyl/N-ethyl adjacent to an activating group) is 1. The number of carbonyl (C=O) groups is 1. The van der Waals surface area contributed by atoms with E-state index < -0.39 is 11.6 Å². The van der Waals surface area contributed by atoms with Crippen LogP contribution in [-0.2, 0) is 9.53 Å². The molecule has 1 heterocycles. The lowest BCUT2D eigenvalue weighted by Gasteiger charge is -2.17. The van der Waals surface area contributed by atoms with Gasteiger partial charge >= 0.3 is 5.97 Å². The monoisotopic (exact) mass is 181 g/mol. The highest BCUT2D eigenvalue weighted by molar-refractivity contribution is 5.86. The molecule has 1 fully saturated rings. The van der Waals surface area contributed by atoms with E-state index in [0.717, 1.165) is 5.70 Å². The molecule has 0 aromatic heterocycles. The third-order valence-corrected chi connectivity index (χ3v) is 2.38. The molecule has 0 bridgehead atoms. The molecule has 0 amide bonds. The molecule has 0 saturated carbocycles. The molecule has 4 heteroatoms. The van der Waals surface area contributed by atoms with Crippen LogP contribution in [0.2, 0.25) is 0 Å². The first-order valence-corrected chi connectivity index (χ1v) is 4.06. The number of nitrogens with zero attached hydrogens (tertiary/aromatic N) is 1. The number of hydrogen-bond acceptors (Lipinski definition) is 3. The van der Waals surface area contributed by atoms with E-state index in [9.17, 15) is 4.79 Å². The normalized spacial score (nSPS) is 34.9. The lowest BCUT2D eigenvalue weighted by Crippen LogP contribution is -2.30. The summed E-state index contributed by atoms with van der Waals surface area (Å²) in [7, 11) is 3.75. The molecular formula is C9H11NO3.